The number of carbonyl (C=O) groups excluding carboxylic acids is 1. The van der Waals surface area contributed by atoms with Gasteiger partial charge < -0.3 is 14.8 Å². The van der Waals surface area contributed by atoms with E-state index < -0.39 is 13.1 Å². The smallest absolute Gasteiger partial charge is 0.241 e. The molecule has 0 saturated carbocycles. The van der Waals surface area contributed by atoms with Crippen LogP contribution in [0.5, 0.6) is 0 Å². The van der Waals surface area contributed by atoms with E-state index in [0.29, 0.717) is 6.66 Å². The minimum absolute atomic E-state index is 0.711. The van der Waals surface area contributed by atoms with Crippen molar-refractivity contribution in [1.29, 1.82) is 0 Å². The molecule has 0 bridgehead atoms. The van der Waals surface area contributed by atoms with Crippen molar-refractivity contribution < 1.29 is 19.4 Å². The summed E-state index contributed by atoms with van der Waals surface area (Å²) < 4.78 is 9.81. The molecule has 42 valence electrons. The number of carboxylic acid groups (broad SMARTS) is 1. The summed E-state index contributed by atoms with van der Waals surface area (Å²) in [6.07, 6.45) is 0. The topological polar surface area (TPSA) is 77.4 Å². The highest BCUT2D eigenvalue weighted by atomic mass is 31.2. The summed E-state index contributed by atoms with van der Waals surface area (Å²) in [5.74, 6) is 0. The van der Waals surface area contributed by atoms with Gasteiger partial charge in [0.1, 0.15) is 5.71 Å². The fraction of sp³-hybridized carbons (Fsp3) is 0.500. The molecule has 7 heavy (non-hydrogen) atoms. The SMILES string of the molecule is CP(=O)(O)C(=O)[O-]. The van der Waals surface area contributed by atoms with Gasteiger partial charge in [0.2, 0.25) is 7.37 Å². The van der Waals surface area contributed by atoms with Crippen LogP contribution in [0.4, 0.5) is 4.79 Å². The van der Waals surface area contributed by atoms with Crippen molar-refractivity contribution in [3.63, 3.8) is 0 Å². The molecular formula is C2H4O4P-. The van der Waals surface area contributed by atoms with Gasteiger partial charge in [-0.15, -0.1) is 0 Å². The molecule has 0 spiro atoms. The Morgan fingerprint density at radius 3 is 2.00 bits per heavy atom. The van der Waals surface area contributed by atoms with Crippen LogP contribution in [0.25, 0.3) is 0 Å². The summed E-state index contributed by atoms with van der Waals surface area (Å²) in [4.78, 5) is 17.4. The summed E-state index contributed by atoms with van der Waals surface area (Å²) in [6.45, 7) is 0.711. The Labute approximate surface area is 40.2 Å². The second kappa shape index (κ2) is 1.64. The molecule has 1 unspecified atom stereocenters. The molecule has 0 rings (SSSR count). The largest absolute Gasteiger partial charge is 0.540 e. The van der Waals surface area contributed by atoms with Gasteiger partial charge in [0.25, 0.3) is 0 Å². The lowest BCUT2D eigenvalue weighted by Gasteiger charge is -2.02. The molecule has 5 heteroatoms. The van der Waals surface area contributed by atoms with E-state index in [1.807, 2.05) is 0 Å². The molecule has 0 aromatic carbocycles. The third-order valence-corrected chi connectivity index (χ3v) is 1.02. The number of hydrogen-bond acceptors (Lipinski definition) is 3. The van der Waals surface area contributed by atoms with Crippen LogP contribution in [-0.2, 0) is 4.57 Å². The lowest BCUT2D eigenvalue weighted by atomic mass is 11.6. The molecule has 0 heterocycles. The van der Waals surface area contributed by atoms with Crippen LogP contribution in [0.2, 0.25) is 0 Å². The molecule has 0 radical (unpaired) electrons. The molecule has 0 aromatic rings. The maximum atomic E-state index is 9.81. The first kappa shape index (κ1) is 6.66. The van der Waals surface area contributed by atoms with E-state index in [9.17, 15) is 14.5 Å². The van der Waals surface area contributed by atoms with Crippen LogP contribution < -0.4 is 5.11 Å². The molecule has 0 saturated heterocycles. The predicted octanol–water partition coefficient (Wildman–Crippen LogP) is -0.770. The second-order valence-corrected chi connectivity index (χ2v) is 3.27. The molecule has 1 atom stereocenters. The molecule has 4 nitrogen and oxygen atoms in total. The van der Waals surface area contributed by atoms with Gasteiger partial charge in [0.05, 0.1) is 0 Å². The van der Waals surface area contributed by atoms with Crippen LogP contribution >= 0.6 is 7.37 Å². The van der Waals surface area contributed by atoms with Crippen LogP contribution in [0, 0.1) is 0 Å². The molecule has 0 aliphatic rings. The van der Waals surface area contributed by atoms with Crippen molar-refractivity contribution in [2.45, 2.75) is 0 Å². The molecule has 0 fully saturated rings. The summed E-state index contributed by atoms with van der Waals surface area (Å²) in [7, 11) is -3.93. The number of hydrogen-bond donors (Lipinski definition) is 1. The zero-order valence-corrected chi connectivity index (χ0v) is 4.51. The minimum atomic E-state index is -3.93. The first-order valence-corrected chi connectivity index (χ1v) is 3.57. The Morgan fingerprint density at radius 1 is 1.86 bits per heavy atom. The Bertz CT molecular complexity index is 122. The fourth-order valence-electron chi connectivity index (χ4n) is 0. The lowest BCUT2D eigenvalue weighted by Crippen LogP contribution is -2.19. The Kier molecular flexibility index (Phi) is 1.56. The fourth-order valence-corrected chi connectivity index (χ4v) is 0. The zero-order valence-electron chi connectivity index (χ0n) is 3.62. The highest BCUT2D eigenvalue weighted by Gasteiger charge is 2.08. The Hall–Kier alpha value is -0.340. The molecule has 0 aromatic heterocycles. The first-order valence-electron chi connectivity index (χ1n) is 1.46. The van der Waals surface area contributed by atoms with Gasteiger partial charge in [0.15, 0.2) is 0 Å². The Morgan fingerprint density at radius 2 is 2.00 bits per heavy atom. The third-order valence-electron chi connectivity index (χ3n) is 0.339. The van der Waals surface area contributed by atoms with Crippen molar-refractivity contribution in [1.82, 2.24) is 0 Å². The van der Waals surface area contributed by atoms with E-state index in [1.54, 1.807) is 0 Å². The van der Waals surface area contributed by atoms with E-state index in [-0.39, 0.29) is 0 Å². The summed E-state index contributed by atoms with van der Waals surface area (Å²) in [5, 5.41) is 9.40. The first-order chi connectivity index (χ1) is 2.94. The normalized spacial score (nSPS) is 18.0. The van der Waals surface area contributed by atoms with Crippen molar-refractivity contribution in [2.24, 2.45) is 0 Å². The lowest BCUT2D eigenvalue weighted by molar-refractivity contribution is -0.235. The number of rotatable bonds is 1. The van der Waals surface area contributed by atoms with E-state index in [4.69, 9.17) is 4.89 Å². The summed E-state index contributed by atoms with van der Waals surface area (Å²) >= 11 is 0. The van der Waals surface area contributed by atoms with Crippen LogP contribution in [0.3, 0.4) is 0 Å². The average molecular weight is 123 g/mol. The maximum absolute atomic E-state index is 9.81. The third kappa shape index (κ3) is 2.37. The van der Waals surface area contributed by atoms with Crippen molar-refractivity contribution >= 4 is 13.1 Å². The van der Waals surface area contributed by atoms with Gasteiger partial charge in [-0.05, 0) is 0 Å². The van der Waals surface area contributed by atoms with Crippen LogP contribution in [-0.4, -0.2) is 17.3 Å². The molecule has 0 aliphatic heterocycles. The maximum Gasteiger partial charge on any atom is 0.241 e. The van der Waals surface area contributed by atoms with Gasteiger partial charge in [-0.1, -0.05) is 0 Å². The standard InChI is InChI=1S/C2H5O4P/c1-7(5,6)2(3)4/h1H3,(H,3,4)(H,5,6)/p-1. The van der Waals surface area contributed by atoms with Crippen molar-refractivity contribution in [3.8, 4) is 0 Å². The quantitative estimate of drug-likeness (QED) is 0.464. The highest BCUT2D eigenvalue weighted by Crippen LogP contribution is 2.33. The monoisotopic (exact) mass is 123 g/mol. The predicted molar refractivity (Wildman–Crippen MR) is 21.1 cm³/mol. The zero-order chi connectivity index (χ0) is 6.08. The van der Waals surface area contributed by atoms with E-state index in [2.05, 4.69) is 0 Å². The van der Waals surface area contributed by atoms with Crippen LogP contribution in [0.1, 0.15) is 0 Å². The van der Waals surface area contributed by atoms with Gasteiger partial charge in [0, 0.05) is 6.66 Å². The summed E-state index contributed by atoms with van der Waals surface area (Å²) in [5.41, 5.74) is -1.90. The second-order valence-electron chi connectivity index (χ2n) is 1.15. The van der Waals surface area contributed by atoms with Gasteiger partial charge in [-0.25, -0.2) is 0 Å². The molecule has 0 amide bonds. The molecule has 1 N–H and O–H groups in total. The van der Waals surface area contributed by atoms with Gasteiger partial charge >= 0.3 is 0 Å². The average Bonchev–Trinajstić information content (AvgIpc) is 1.31. The molecule has 0 aliphatic carbocycles. The van der Waals surface area contributed by atoms with Gasteiger partial charge in [-0.2, -0.15) is 0 Å². The van der Waals surface area contributed by atoms with E-state index in [1.165, 1.54) is 0 Å². The van der Waals surface area contributed by atoms with Crippen molar-refractivity contribution in [2.75, 3.05) is 6.66 Å². The van der Waals surface area contributed by atoms with Gasteiger partial charge in [-0.3, -0.25) is 4.57 Å². The van der Waals surface area contributed by atoms with Crippen molar-refractivity contribution in [3.05, 3.63) is 0 Å². The number of carbonyl (C=O) groups is 1. The van der Waals surface area contributed by atoms with Crippen LogP contribution in [0.15, 0.2) is 0 Å². The highest BCUT2D eigenvalue weighted by molar-refractivity contribution is 7.73. The summed E-state index contributed by atoms with van der Waals surface area (Å²) in [6, 6.07) is 0. The Balaban J connectivity index is 4.09. The molecular weight excluding hydrogens is 119 g/mol. The van der Waals surface area contributed by atoms with E-state index >= 15 is 0 Å². The minimum Gasteiger partial charge on any atom is -0.540 e. The van der Waals surface area contributed by atoms with E-state index in [0.717, 1.165) is 0 Å².